The van der Waals surface area contributed by atoms with Crippen LogP contribution in [0.25, 0.3) is 0 Å². The van der Waals surface area contributed by atoms with Crippen molar-refractivity contribution >= 4 is 6.09 Å². The second-order valence-corrected chi connectivity index (χ2v) is 8.02. The SMILES string of the molecule is CC(C)(C)OC(=O)N1CCc2nc(C3COc4ccccc4C3)[nH]c2C1. The van der Waals surface area contributed by atoms with E-state index in [0.717, 1.165) is 35.8 Å². The number of imidazole rings is 1. The van der Waals surface area contributed by atoms with Gasteiger partial charge in [0.2, 0.25) is 0 Å². The number of aromatic amines is 1. The van der Waals surface area contributed by atoms with Gasteiger partial charge in [-0.3, -0.25) is 0 Å². The summed E-state index contributed by atoms with van der Waals surface area (Å²) in [4.78, 5) is 22.3. The Hall–Kier alpha value is -2.50. The van der Waals surface area contributed by atoms with Gasteiger partial charge in [0.25, 0.3) is 0 Å². The smallest absolute Gasteiger partial charge is 0.410 e. The number of benzene rings is 1. The minimum absolute atomic E-state index is 0.213. The van der Waals surface area contributed by atoms with E-state index in [1.807, 2.05) is 39.0 Å². The molecular weight excluding hydrogens is 330 g/mol. The molecule has 1 atom stereocenters. The van der Waals surface area contributed by atoms with Gasteiger partial charge in [0, 0.05) is 13.0 Å². The van der Waals surface area contributed by atoms with Crippen LogP contribution < -0.4 is 4.74 Å². The number of fused-ring (bicyclic) bond motifs is 2. The van der Waals surface area contributed by atoms with Gasteiger partial charge in [0.1, 0.15) is 17.2 Å². The van der Waals surface area contributed by atoms with Crippen LogP contribution in [-0.2, 0) is 24.1 Å². The number of hydrogen-bond donors (Lipinski definition) is 1. The molecule has 0 aliphatic carbocycles. The predicted octanol–water partition coefficient (Wildman–Crippen LogP) is 3.42. The average Bonchev–Trinajstić information content (AvgIpc) is 3.03. The molecule has 1 N–H and O–H groups in total. The Morgan fingerprint density at radius 1 is 1.35 bits per heavy atom. The Morgan fingerprint density at radius 3 is 2.96 bits per heavy atom. The van der Waals surface area contributed by atoms with E-state index in [4.69, 9.17) is 14.5 Å². The predicted molar refractivity (Wildman–Crippen MR) is 97.3 cm³/mol. The summed E-state index contributed by atoms with van der Waals surface area (Å²) in [5, 5.41) is 0. The fraction of sp³-hybridized carbons (Fsp3) is 0.500. The molecule has 1 aromatic heterocycles. The number of carbonyl (C=O) groups excluding carboxylic acids is 1. The van der Waals surface area contributed by atoms with Crippen LogP contribution in [0.2, 0.25) is 0 Å². The molecular formula is C20H25N3O3. The van der Waals surface area contributed by atoms with Crippen molar-refractivity contribution in [1.29, 1.82) is 0 Å². The van der Waals surface area contributed by atoms with Gasteiger partial charge >= 0.3 is 6.09 Å². The van der Waals surface area contributed by atoms with Crippen molar-refractivity contribution in [2.24, 2.45) is 0 Å². The lowest BCUT2D eigenvalue weighted by Crippen LogP contribution is -2.39. The highest BCUT2D eigenvalue weighted by atomic mass is 16.6. The molecule has 138 valence electrons. The Bertz CT molecular complexity index is 822. The molecule has 1 unspecified atom stereocenters. The number of nitrogens with one attached hydrogen (secondary N) is 1. The molecule has 26 heavy (non-hydrogen) atoms. The van der Waals surface area contributed by atoms with E-state index >= 15 is 0 Å². The summed E-state index contributed by atoms with van der Waals surface area (Å²) >= 11 is 0. The molecule has 0 spiro atoms. The molecule has 1 aromatic carbocycles. The molecule has 0 radical (unpaired) electrons. The van der Waals surface area contributed by atoms with Gasteiger partial charge in [-0.05, 0) is 38.8 Å². The van der Waals surface area contributed by atoms with Gasteiger partial charge in [-0.15, -0.1) is 0 Å². The molecule has 0 saturated heterocycles. The van der Waals surface area contributed by atoms with Crippen molar-refractivity contribution < 1.29 is 14.3 Å². The third-order valence-corrected chi connectivity index (χ3v) is 4.77. The third kappa shape index (κ3) is 3.41. The van der Waals surface area contributed by atoms with Crippen molar-refractivity contribution in [1.82, 2.24) is 14.9 Å². The molecule has 6 nitrogen and oxygen atoms in total. The second-order valence-electron chi connectivity index (χ2n) is 8.02. The summed E-state index contributed by atoms with van der Waals surface area (Å²) in [6, 6.07) is 8.15. The summed E-state index contributed by atoms with van der Waals surface area (Å²) < 4.78 is 11.4. The number of hydrogen-bond acceptors (Lipinski definition) is 4. The first kappa shape index (κ1) is 16.9. The molecule has 4 rings (SSSR count). The van der Waals surface area contributed by atoms with Crippen LogP contribution in [-0.4, -0.2) is 39.7 Å². The van der Waals surface area contributed by atoms with Gasteiger partial charge in [-0.1, -0.05) is 18.2 Å². The van der Waals surface area contributed by atoms with Crippen LogP contribution in [0.15, 0.2) is 24.3 Å². The lowest BCUT2D eigenvalue weighted by molar-refractivity contribution is 0.0221. The number of nitrogens with zero attached hydrogens (tertiary/aromatic N) is 2. The third-order valence-electron chi connectivity index (χ3n) is 4.77. The minimum atomic E-state index is -0.483. The number of para-hydroxylation sites is 1. The Kier molecular flexibility index (Phi) is 4.13. The molecule has 0 bridgehead atoms. The van der Waals surface area contributed by atoms with Gasteiger partial charge < -0.3 is 19.4 Å². The topological polar surface area (TPSA) is 67.4 Å². The Morgan fingerprint density at radius 2 is 2.15 bits per heavy atom. The van der Waals surface area contributed by atoms with E-state index in [1.165, 1.54) is 5.56 Å². The van der Waals surface area contributed by atoms with Crippen LogP contribution in [0.4, 0.5) is 4.79 Å². The Labute approximate surface area is 153 Å². The maximum absolute atomic E-state index is 12.3. The molecule has 2 aliphatic heterocycles. The first-order valence-corrected chi connectivity index (χ1v) is 9.15. The molecule has 2 aromatic rings. The summed E-state index contributed by atoms with van der Waals surface area (Å²) in [5.74, 6) is 2.14. The average molecular weight is 355 g/mol. The summed E-state index contributed by atoms with van der Waals surface area (Å²) in [6.45, 7) is 7.43. The number of carbonyl (C=O) groups is 1. The van der Waals surface area contributed by atoms with Crippen molar-refractivity contribution in [2.45, 2.75) is 51.7 Å². The lowest BCUT2D eigenvalue weighted by Gasteiger charge is -2.29. The van der Waals surface area contributed by atoms with Crippen molar-refractivity contribution in [3.05, 3.63) is 47.0 Å². The monoisotopic (exact) mass is 355 g/mol. The molecule has 6 heteroatoms. The number of rotatable bonds is 1. The van der Waals surface area contributed by atoms with Gasteiger partial charge in [0.15, 0.2) is 0 Å². The summed E-state index contributed by atoms with van der Waals surface area (Å²) in [5.41, 5.74) is 2.80. The number of ether oxygens (including phenoxy) is 2. The molecule has 0 fully saturated rings. The Balaban J connectivity index is 1.48. The number of aromatic nitrogens is 2. The number of H-pyrrole nitrogens is 1. The molecule has 1 amide bonds. The lowest BCUT2D eigenvalue weighted by atomic mass is 9.96. The fourth-order valence-corrected chi connectivity index (χ4v) is 3.50. The number of amides is 1. The summed E-state index contributed by atoms with van der Waals surface area (Å²) in [7, 11) is 0. The van der Waals surface area contributed by atoms with Crippen LogP contribution in [0, 0.1) is 0 Å². The maximum Gasteiger partial charge on any atom is 0.410 e. The standard InChI is InChI=1S/C20H25N3O3/c1-20(2,3)26-19(24)23-9-8-15-16(11-23)22-18(21-15)14-10-13-6-4-5-7-17(13)25-12-14/h4-7,14H,8-12H2,1-3H3,(H,21,22). The fourth-order valence-electron chi connectivity index (χ4n) is 3.50. The van der Waals surface area contributed by atoms with Crippen LogP contribution in [0.3, 0.4) is 0 Å². The van der Waals surface area contributed by atoms with Gasteiger partial charge in [-0.2, -0.15) is 0 Å². The highest BCUT2D eigenvalue weighted by Gasteiger charge is 2.30. The van der Waals surface area contributed by atoms with E-state index in [0.29, 0.717) is 19.7 Å². The zero-order valence-electron chi connectivity index (χ0n) is 15.5. The van der Waals surface area contributed by atoms with E-state index in [-0.39, 0.29) is 12.0 Å². The highest BCUT2D eigenvalue weighted by molar-refractivity contribution is 5.68. The molecule has 2 aliphatic rings. The van der Waals surface area contributed by atoms with E-state index in [9.17, 15) is 4.79 Å². The van der Waals surface area contributed by atoms with Crippen LogP contribution in [0.1, 0.15) is 49.5 Å². The molecule has 3 heterocycles. The summed E-state index contributed by atoms with van der Waals surface area (Å²) in [6.07, 6.45) is 1.39. The zero-order chi connectivity index (χ0) is 18.3. The highest BCUT2D eigenvalue weighted by Crippen LogP contribution is 2.32. The maximum atomic E-state index is 12.3. The van der Waals surface area contributed by atoms with Crippen molar-refractivity contribution in [2.75, 3.05) is 13.2 Å². The first-order chi connectivity index (χ1) is 12.4. The van der Waals surface area contributed by atoms with Crippen molar-refractivity contribution in [3.63, 3.8) is 0 Å². The van der Waals surface area contributed by atoms with E-state index in [2.05, 4.69) is 11.1 Å². The van der Waals surface area contributed by atoms with Gasteiger partial charge in [-0.25, -0.2) is 9.78 Å². The zero-order valence-corrected chi connectivity index (χ0v) is 15.5. The van der Waals surface area contributed by atoms with E-state index in [1.54, 1.807) is 4.90 Å². The van der Waals surface area contributed by atoms with Crippen LogP contribution >= 0.6 is 0 Å². The van der Waals surface area contributed by atoms with E-state index < -0.39 is 5.60 Å². The molecule has 0 saturated carbocycles. The second kappa shape index (κ2) is 6.34. The first-order valence-electron chi connectivity index (χ1n) is 9.15. The van der Waals surface area contributed by atoms with Gasteiger partial charge in [0.05, 0.1) is 30.5 Å². The van der Waals surface area contributed by atoms with Crippen LogP contribution in [0.5, 0.6) is 5.75 Å². The largest absolute Gasteiger partial charge is 0.493 e. The minimum Gasteiger partial charge on any atom is -0.493 e. The quantitative estimate of drug-likeness (QED) is 0.851. The normalized spacial score (nSPS) is 19.3. The van der Waals surface area contributed by atoms with Crippen molar-refractivity contribution in [3.8, 4) is 5.75 Å².